The van der Waals surface area contributed by atoms with Crippen LogP contribution < -0.4 is 0 Å². The van der Waals surface area contributed by atoms with Crippen molar-refractivity contribution in [2.75, 3.05) is 0 Å². The zero-order chi connectivity index (χ0) is 2.71. The average molecular weight is 114 g/mol. The fraction of sp³-hybridized carbons (Fsp3) is 0. The van der Waals surface area contributed by atoms with Gasteiger partial charge in [0.15, 0.2) is 17.4 Å². The van der Waals surface area contributed by atoms with Gasteiger partial charge in [-0.2, -0.15) is 0 Å². The van der Waals surface area contributed by atoms with E-state index in [0.29, 0.717) is 0 Å². The number of hydrogen-bond donors (Lipinski definition) is 0. The monoisotopic (exact) mass is 114 g/mol. The van der Waals surface area contributed by atoms with Crippen LogP contribution in [0, 0.1) is 0 Å². The second-order valence-electron chi connectivity index (χ2n) is 0.707. The molecule has 0 aromatic heterocycles. The van der Waals surface area contributed by atoms with Gasteiger partial charge in [0.1, 0.15) is 0 Å². The molecule has 20 valence electrons. The van der Waals surface area contributed by atoms with E-state index in [2.05, 4.69) is 3.66 Å². The maximum atomic E-state index is 2.37. The van der Waals surface area contributed by atoms with Gasteiger partial charge in [0.2, 0.25) is 0 Å². The number of rotatable bonds is 0. The first-order valence-corrected chi connectivity index (χ1v) is 11.7. The molecule has 0 aromatic rings. The van der Waals surface area contributed by atoms with Crippen LogP contribution in [-0.2, 0) is 0 Å². The van der Waals surface area contributed by atoms with Gasteiger partial charge >= 0.3 is 41.5 Å². The quantitative estimate of drug-likeness (QED) is 0.285. The molecule has 0 nitrogen and oxygen atoms in total. The first-order chi connectivity index (χ1) is 1.41. The van der Waals surface area contributed by atoms with Crippen molar-refractivity contribution in [2.45, 2.75) is 0 Å². The summed E-state index contributed by atoms with van der Waals surface area (Å²) >= 11 is 0.264. The van der Waals surface area contributed by atoms with E-state index in [-0.39, 0.29) is 49.9 Å². The molecule has 0 saturated heterocycles. The molecule has 0 aliphatic carbocycles. The molecule has 0 fully saturated rings. The third-order valence-electron chi connectivity index (χ3n) is 0. The molecule has 0 atom stereocenters. The standard InChI is InChI=1S/Al.BH2.Ca.H3Si.3H/h;1H2;;1H3;;;/q;+1;-1;;;;. The summed E-state index contributed by atoms with van der Waals surface area (Å²) in [7, 11) is 0. The Balaban J connectivity index is 0. The minimum absolute atomic E-state index is 0. The Labute approximate surface area is 57.9 Å². The summed E-state index contributed by atoms with van der Waals surface area (Å²) in [5.74, 6) is 0. The molecule has 0 aliphatic heterocycles. The molecule has 0 aliphatic rings. The van der Waals surface area contributed by atoms with E-state index in [1.165, 1.54) is 0 Å². The molecule has 0 radical (unpaired) electrons. The van der Waals surface area contributed by atoms with Gasteiger partial charge < -0.3 is 0 Å². The van der Waals surface area contributed by atoms with E-state index in [1.54, 1.807) is 5.38 Å². The van der Waals surface area contributed by atoms with E-state index in [0.717, 1.165) is 0 Å². The molecule has 4 heavy (non-hydrogen) atoms. The SMILES string of the molecule is [AlH3].[BH2][Ca][SiH3]. The van der Waals surface area contributed by atoms with Crippen molar-refractivity contribution in [1.29, 1.82) is 0 Å². The summed E-state index contributed by atoms with van der Waals surface area (Å²) < 4.78 is 2.37. The van der Waals surface area contributed by atoms with Gasteiger partial charge in [-0.1, -0.05) is 0 Å². The van der Waals surface area contributed by atoms with Crippen molar-refractivity contribution in [1.82, 2.24) is 0 Å². The molecule has 4 heteroatoms. The van der Waals surface area contributed by atoms with E-state index in [4.69, 9.17) is 0 Å². The summed E-state index contributed by atoms with van der Waals surface area (Å²) in [6.07, 6.45) is 0. The zero-order valence-electron chi connectivity index (χ0n) is 2.71. The van der Waals surface area contributed by atoms with E-state index >= 15 is 0 Å². The molecule has 0 bridgehead atoms. The zero-order valence-corrected chi connectivity index (χ0v) is 6.92. The summed E-state index contributed by atoms with van der Waals surface area (Å²) in [4.78, 5) is 0. The Kier molecular flexibility index (Phi) is 21.0. The first-order valence-electron chi connectivity index (χ1n) is 1.41. The van der Waals surface area contributed by atoms with Gasteiger partial charge in [0.25, 0.3) is 0 Å². The molecule has 0 aromatic carbocycles. The van der Waals surface area contributed by atoms with Crippen molar-refractivity contribution in [2.24, 2.45) is 0 Å². The van der Waals surface area contributed by atoms with Gasteiger partial charge in [-0.25, -0.2) is 0 Å². The van der Waals surface area contributed by atoms with Gasteiger partial charge in [0, 0.05) is 0 Å². The van der Waals surface area contributed by atoms with Crippen LogP contribution in [0.25, 0.3) is 0 Å². The van der Waals surface area contributed by atoms with Crippen LogP contribution in [0.1, 0.15) is 0 Å². The van der Waals surface area contributed by atoms with Crippen LogP contribution in [0.4, 0.5) is 0 Å². The Bertz CT molecular complexity index is 8.00. The van der Waals surface area contributed by atoms with Crippen LogP contribution in [0.2, 0.25) is 0 Å². The summed E-state index contributed by atoms with van der Waals surface area (Å²) in [6.45, 7) is 0. The Morgan fingerprint density at radius 3 is 1.75 bits per heavy atom. The minimum atomic E-state index is 0. The fourth-order valence-electron chi connectivity index (χ4n) is 0. The molecule has 0 heterocycles. The van der Waals surface area contributed by atoms with E-state index in [1.807, 2.05) is 0 Å². The third-order valence-corrected chi connectivity index (χ3v) is 0. The molecule has 0 rings (SSSR count). The summed E-state index contributed by atoms with van der Waals surface area (Å²) in [5, 5.41) is 1.56. The van der Waals surface area contributed by atoms with E-state index in [9.17, 15) is 0 Å². The maximum absolute atomic E-state index is 2.37. The third kappa shape index (κ3) is 8.95. The second kappa shape index (κ2) is 8.91. The van der Waals surface area contributed by atoms with Crippen LogP contribution in [0.15, 0.2) is 0 Å². The van der Waals surface area contributed by atoms with Crippen molar-refractivity contribution in [3.8, 4) is 0 Å². The first kappa shape index (κ1) is 9.42. The molecule has 0 N–H and O–H groups in total. The van der Waals surface area contributed by atoms with Gasteiger partial charge in [-0.15, -0.1) is 0 Å². The predicted octanol–water partition coefficient (Wildman–Crippen LogP) is -3.66. The molecule has 0 spiro atoms. The molecular formula is H8AlBCaSi. The van der Waals surface area contributed by atoms with Gasteiger partial charge in [0.05, 0.1) is 0 Å². The molecule has 0 saturated carbocycles. The summed E-state index contributed by atoms with van der Waals surface area (Å²) in [5.41, 5.74) is 0. The van der Waals surface area contributed by atoms with Crippen LogP contribution in [0.5, 0.6) is 0 Å². The Morgan fingerprint density at radius 2 is 1.75 bits per heavy atom. The molecular weight excluding hydrogens is 106 g/mol. The van der Waals surface area contributed by atoms with Crippen LogP contribution in [0.3, 0.4) is 0 Å². The average Bonchev–Trinajstić information content (AvgIpc) is 0.918. The fourth-order valence-corrected chi connectivity index (χ4v) is 0. The normalized spacial score (nSPS) is 3.00. The van der Waals surface area contributed by atoms with E-state index < -0.39 is 0 Å². The van der Waals surface area contributed by atoms with Crippen molar-refractivity contribution >= 4 is 58.9 Å². The molecule has 0 amide bonds. The topological polar surface area (TPSA) is 0 Å². The van der Waals surface area contributed by atoms with Crippen LogP contribution in [-0.4, -0.2) is 58.9 Å². The second-order valence-corrected chi connectivity index (χ2v) is 8.75. The Hall–Kier alpha value is 2.07. The predicted molar refractivity (Wildman–Crippen MR) is 34.2 cm³/mol. The number of hydrogen-bond acceptors (Lipinski definition) is 0. The summed E-state index contributed by atoms with van der Waals surface area (Å²) in [6, 6.07) is 0. The Morgan fingerprint density at radius 1 is 1.75 bits per heavy atom. The van der Waals surface area contributed by atoms with Crippen LogP contribution >= 0.6 is 0 Å². The van der Waals surface area contributed by atoms with Crippen molar-refractivity contribution < 1.29 is 0 Å². The van der Waals surface area contributed by atoms with Gasteiger partial charge in [-0.05, 0) is 0 Å². The van der Waals surface area contributed by atoms with Gasteiger partial charge in [-0.3, -0.25) is 0 Å². The van der Waals surface area contributed by atoms with Crippen molar-refractivity contribution in [3.05, 3.63) is 0 Å². The van der Waals surface area contributed by atoms with Crippen molar-refractivity contribution in [3.63, 3.8) is 0 Å². The molecule has 0 unspecified atom stereocenters.